The molecule has 3 nitrogen and oxygen atoms in total. The molecule has 0 aromatic heterocycles. The SMILES string of the molecule is CCCCC#CC(Cc1ccccc1)OON. The number of nitrogens with two attached hydrogens (primary N) is 1. The van der Waals surface area contributed by atoms with Gasteiger partial charge in [0.15, 0.2) is 6.10 Å². The summed E-state index contributed by atoms with van der Waals surface area (Å²) < 4.78 is 0. The Hall–Kier alpha value is -1.34. The van der Waals surface area contributed by atoms with Crippen molar-refractivity contribution < 1.29 is 9.88 Å². The molecule has 1 rings (SSSR count). The second-order valence-electron chi connectivity index (χ2n) is 3.80. The average Bonchev–Trinajstić information content (AvgIpc) is 2.36. The van der Waals surface area contributed by atoms with Gasteiger partial charge in [-0.2, -0.15) is 5.90 Å². The van der Waals surface area contributed by atoms with Crippen molar-refractivity contribution >= 4 is 0 Å². The summed E-state index contributed by atoms with van der Waals surface area (Å²) in [4.78, 5) is 9.16. The molecule has 0 aliphatic rings. The number of hydrogen-bond donors (Lipinski definition) is 1. The van der Waals surface area contributed by atoms with Crippen LogP contribution in [0.5, 0.6) is 0 Å². The summed E-state index contributed by atoms with van der Waals surface area (Å²) in [6.07, 6.45) is 3.51. The van der Waals surface area contributed by atoms with Gasteiger partial charge in [0.05, 0.1) is 0 Å². The number of benzene rings is 1. The van der Waals surface area contributed by atoms with Crippen LogP contribution >= 0.6 is 0 Å². The van der Waals surface area contributed by atoms with Crippen LogP contribution in [-0.2, 0) is 16.3 Å². The Labute approximate surface area is 103 Å². The number of unbranched alkanes of at least 4 members (excludes halogenated alkanes) is 2. The first-order valence-electron chi connectivity index (χ1n) is 5.91. The van der Waals surface area contributed by atoms with Gasteiger partial charge in [0.25, 0.3) is 0 Å². The molecular formula is C14H19NO2. The van der Waals surface area contributed by atoms with Gasteiger partial charge < -0.3 is 0 Å². The molecule has 0 spiro atoms. The minimum atomic E-state index is -0.306. The second-order valence-corrected chi connectivity index (χ2v) is 3.80. The maximum absolute atomic E-state index is 4.93. The fourth-order valence-electron chi connectivity index (χ4n) is 1.46. The molecule has 1 aromatic carbocycles. The van der Waals surface area contributed by atoms with Gasteiger partial charge >= 0.3 is 0 Å². The summed E-state index contributed by atoms with van der Waals surface area (Å²) in [6.45, 7) is 2.14. The lowest BCUT2D eigenvalue weighted by atomic mass is 10.1. The van der Waals surface area contributed by atoms with Gasteiger partial charge in [-0.25, -0.2) is 4.89 Å². The fourth-order valence-corrected chi connectivity index (χ4v) is 1.46. The Morgan fingerprint density at radius 1 is 1.29 bits per heavy atom. The molecule has 0 aliphatic heterocycles. The highest BCUT2D eigenvalue weighted by Gasteiger charge is 2.07. The third kappa shape index (κ3) is 6.08. The predicted octanol–water partition coefficient (Wildman–Crippen LogP) is 2.61. The molecule has 17 heavy (non-hydrogen) atoms. The van der Waals surface area contributed by atoms with E-state index in [9.17, 15) is 0 Å². The molecule has 0 bridgehead atoms. The van der Waals surface area contributed by atoms with Gasteiger partial charge in [0.1, 0.15) is 0 Å². The molecule has 3 heteroatoms. The summed E-state index contributed by atoms with van der Waals surface area (Å²) in [6, 6.07) is 10.0. The van der Waals surface area contributed by atoms with Crippen molar-refractivity contribution in [2.75, 3.05) is 0 Å². The zero-order valence-electron chi connectivity index (χ0n) is 10.2. The molecule has 1 aromatic rings. The molecule has 0 fully saturated rings. The van der Waals surface area contributed by atoms with Crippen LogP contribution in [0.4, 0.5) is 0 Å². The van der Waals surface area contributed by atoms with Crippen molar-refractivity contribution in [2.24, 2.45) is 5.90 Å². The highest BCUT2D eigenvalue weighted by molar-refractivity contribution is 5.18. The molecule has 0 radical (unpaired) electrons. The van der Waals surface area contributed by atoms with E-state index in [1.54, 1.807) is 0 Å². The lowest BCUT2D eigenvalue weighted by molar-refractivity contribution is -0.316. The Morgan fingerprint density at radius 3 is 2.71 bits per heavy atom. The quantitative estimate of drug-likeness (QED) is 0.355. The predicted molar refractivity (Wildman–Crippen MR) is 67.6 cm³/mol. The zero-order chi connectivity index (χ0) is 12.3. The van der Waals surface area contributed by atoms with E-state index in [1.165, 1.54) is 0 Å². The van der Waals surface area contributed by atoms with E-state index in [2.05, 4.69) is 23.8 Å². The Bertz CT molecular complexity index is 353. The van der Waals surface area contributed by atoms with Crippen LogP contribution in [0.3, 0.4) is 0 Å². The fraction of sp³-hybridized carbons (Fsp3) is 0.429. The summed E-state index contributed by atoms with van der Waals surface area (Å²) in [5.74, 6) is 11.0. The van der Waals surface area contributed by atoms with Crippen molar-refractivity contribution in [1.82, 2.24) is 0 Å². The van der Waals surface area contributed by atoms with Gasteiger partial charge in [-0.1, -0.05) is 49.6 Å². The lowest BCUT2D eigenvalue weighted by Gasteiger charge is -2.08. The minimum absolute atomic E-state index is 0.306. The summed E-state index contributed by atoms with van der Waals surface area (Å²) in [7, 11) is 0. The maximum atomic E-state index is 4.93. The van der Waals surface area contributed by atoms with Crippen molar-refractivity contribution in [2.45, 2.75) is 38.7 Å². The van der Waals surface area contributed by atoms with E-state index < -0.39 is 0 Å². The number of rotatable bonds is 6. The van der Waals surface area contributed by atoms with Gasteiger partial charge in [-0.3, -0.25) is 0 Å². The highest BCUT2D eigenvalue weighted by atomic mass is 17.3. The molecule has 0 heterocycles. The average molecular weight is 233 g/mol. The van der Waals surface area contributed by atoms with Gasteiger partial charge in [-0.05, 0) is 12.0 Å². The van der Waals surface area contributed by atoms with E-state index in [1.807, 2.05) is 30.3 Å². The molecule has 0 saturated heterocycles. The minimum Gasteiger partial charge on any atom is -0.202 e. The van der Waals surface area contributed by atoms with E-state index in [4.69, 9.17) is 10.8 Å². The monoisotopic (exact) mass is 233 g/mol. The lowest BCUT2D eigenvalue weighted by Crippen LogP contribution is -2.16. The molecule has 1 atom stereocenters. The summed E-state index contributed by atoms with van der Waals surface area (Å²) in [5.41, 5.74) is 1.15. The Balaban J connectivity index is 2.50. The second kappa shape index (κ2) is 8.77. The third-order valence-electron chi connectivity index (χ3n) is 2.35. The van der Waals surface area contributed by atoms with Gasteiger partial charge in [0.2, 0.25) is 0 Å². The van der Waals surface area contributed by atoms with Crippen LogP contribution in [0.25, 0.3) is 0 Å². The standard InChI is InChI=1S/C14H19NO2/c1-2-3-4-8-11-14(16-17-15)12-13-9-6-5-7-10-13/h5-7,9-10,14H,2-4,12,15H2,1H3. The molecular weight excluding hydrogens is 214 g/mol. The third-order valence-corrected chi connectivity index (χ3v) is 2.35. The molecule has 0 amide bonds. The van der Waals surface area contributed by atoms with Crippen molar-refractivity contribution in [3.05, 3.63) is 35.9 Å². The van der Waals surface area contributed by atoms with Crippen LogP contribution in [0, 0.1) is 11.8 Å². The smallest absolute Gasteiger partial charge is 0.159 e. The van der Waals surface area contributed by atoms with E-state index in [0.717, 1.165) is 24.8 Å². The highest BCUT2D eigenvalue weighted by Crippen LogP contribution is 2.05. The van der Waals surface area contributed by atoms with E-state index >= 15 is 0 Å². The largest absolute Gasteiger partial charge is 0.202 e. The van der Waals surface area contributed by atoms with Crippen LogP contribution in [0.1, 0.15) is 31.7 Å². The first kappa shape index (κ1) is 13.7. The van der Waals surface area contributed by atoms with Crippen LogP contribution in [-0.4, -0.2) is 6.10 Å². The van der Waals surface area contributed by atoms with Crippen LogP contribution < -0.4 is 5.90 Å². The van der Waals surface area contributed by atoms with Crippen molar-refractivity contribution in [3.8, 4) is 11.8 Å². The normalized spacial score (nSPS) is 11.6. The Kier molecular flexibility index (Phi) is 7.08. The zero-order valence-corrected chi connectivity index (χ0v) is 10.2. The van der Waals surface area contributed by atoms with Crippen LogP contribution in [0.15, 0.2) is 30.3 Å². The molecule has 92 valence electrons. The number of hydrogen-bond acceptors (Lipinski definition) is 3. The molecule has 1 unspecified atom stereocenters. The van der Waals surface area contributed by atoms with Crippen molar-refractivity contribution in [3.63, 3.8) is 0 Å². The van der Waals surface area contributed by atoms with Crippen molar-refractivity contribution in [1.29, 1.82) is 0 Å². The molecule has 0 aliphatic carbocycles. The van der Waals surface area contributed by atoms with E-state index in [0.29, 0.717) is 6.42 Å². The molecule has 0 saturated carbocycles. The molecule has 2 N–H and O–H groups in total. The van der Waals surface area contributed by atoms with Gasteiger partial charge in [-0.15, -0.1) is 10.9 Å². The first-order chi connectivity index (χ1) is 8.36. The van der Waals surface area contributed by atoms with Gasteiger partial charge in [0, 0.05) is 12.8 Å². The topological polar surface area (TPSA) is 44.5 Å². The first-order valence-corrected chi connectivity index (χ1v) is 5.91. The summed E-state index contributed by atoms with van der Waals surface area (Å²) >= 11 is 0. The maximum Gasteiger partial charge on any atom is 0.159 e. The summed E-state index contributed by atoms with van der Waals surface area (Å²) in [5, 5.41) is 0. The van der Waals surface area contributed by atoms with E-state index in [-0.39, 0.29) is 6.10 Å². The van der Waals surface area contributed by atoms with Crippen LogP contribution in [0.2, 0.25) is 0 Å². The Morgan fingerprint density at radius 2 is 2.06 bits per heavy atom.